The average Bonchev–Trinajstić information content (AvgIpc) is 3.38. The van der Waals surface area contributed by atoms with E-state index in [0.717, 1.165) is 49.2 Å². The molecule has 1 saturated carbocycles. The molecular weight excluding hydrogens is 350 g/mol. The Morgan fingerprint density at radius 2 is 2.15 bits per heavy atom. The van der Waals surface area contributed by atoms with Gasteiger partial charge in [-0.3, -0.25) is 9.58 Å². The Morgan fingerprint density at radius 1 is 1.31 bits per heavy atom. The zero-order valence-electron chi connectivity index (χ0n) is 15.2. The molecule has 26 heavy (non-hydrogen) atoms. The fraction of sp³-hybridized carbons (Fsp3) is 0.550. The molecule has 0 N–H and O–H groups in total. The third kappa shape index (κ3) is 4.40. The molecule has 2 aromatic rings. The van der Waals surface area contributed by atoms with Gasteiger partial charge in [0, 0.05) is 38.8 Å². The van der Waals surface area contributed by atoms with Gasteiger partial charge >= 0.3 is 0 Å². The molecule has 1 aromatic carbocycles. The quantitative estimate of drug-likeness (QED) is 0.742. The van der Waals surface area contributed by atoms with Gasteiger partial charge in [-0.15, -0.1) is 0 Å². The maximum atomic E-state index is 6.13. The van der Waals surface area contributed by atoms with Crippen molar-refractivity contribution < 1.29 is 9.47 Å². The second-order valence-electron chi connectivity index (χ2n) is 7.28. The molecule has 1 aliphatic carbocycles. The third-order valence-corrected chi connectivity index (χ3v) is 5.45. The van der Waals surface area contributed by atoms with Crippen LogP contribution in [0.1, 0.15) is 30.3 Å². The van der Waals surface area contributed by atoms with E-state index in [-0.39, 0.29) is 6.10 Å². The van der Waals surface area contributed by atoms with Crippen LogP contribution in [0.15, 0.2) is 30.3 Å². The lowest BCUT2D eigenvalue weighted by atomic mass is 10.1. The van der Waals surface area contributed by atoms with Crippen molar-refractivity contribution in [2.75, 3.05) is 32.8 Å². The molecule has 1 atom stereocenters. The number of rotatable bonds is 7. The molecule has 5 nitrogen and oxygen atoms in total. The van der Waals surface area contributed by atoms with Crippen LogP contribution in [-0.2, 0) is 18.2 Å². The monoisotopic (exact) mass is 375 g/mol. The highest BCUT2D eigenvalue weighted by Crippen LogP contribution is 2.31. The fourth-order valence-electron chi connectivity index (χ4n) is 3.46. The van der Waals surface area contributed by atoms with Gasteiger partial charge in [0.15, 0.2) is 0 Å². The minimum atomic E-state index is 0.0759. The third-order valence-electron chi connectivity index (χ3n) is 5.14. The number of ether oxygens (including phenoxy) is 2. The average molecular weight is 376 g/mol. The number of para-hydroxylation sites is 1. The smallest absolute Gasteiger partial charge is 0.137 e. The highest BCUT2D eigenvalue weighted by molar-refractivity contribution is 6.32. The highest BCUT2D eigenvalue weighted by atomic mass is 35.5. The van der Waals surface area contributed by atoms with E-state index < -0.39 is 0 Å². The van der Waals surface area contributed by atoms with Crippen molar-refractivity contribution in [1.82, 2.24) is 14.7 Å². The maximum Gasteiger partial charge on any atom is 0.137 e. The van der Waals surface area contributed by atoms with Crippen molar-refractivity contribution in [1.29, 1.82) is 0 Å². The second kappa shape index (κ2) is 7.99. The predicted molar refractivity (Wildman–Crippen MR) is 102 cm³/mol. The van der Waals surface area contributed by atoms with Gasteiger partial charge in [0.05, 0.1) is 23.9 Å². The Bertz CT molecular complexity index is 744. The maximum absolute atomic E-state index is 6.13. The van der Waals surface area contributed by atoms with Crippen LogP contribution in [-0.4, -0.2) is 47.5 Å². The van der Waals surface area contributed by atoms with Gasteiger partial charge in [-0.25, -0.2) is 0 Å². The molecule has 2 heterocycles. The van der Waals surface area contributed by atoms with E-state index in [1.807, 2.05) is 36.0 Å². The van der Waals surface area contributed by atoms with Crippen LogP contribution < -0.4 is 4.74 Å². The number of hydrogen-bond acceptors (Lipinski definition) is 4. The minimum absolute atomic E-state index is 0.0759. The topological polar surface area (TPSA) is 39.5 Å². The summed E-state index contributed by atoms with van der Waals surface area (Å²) in [6, 6.07) is 9.71. The lowest BCUT2D eigenvalue weighted by Gasteiger charge is -2.32. The summed E-state index contributed by atoms with van der Waals surface area (Å²) in [5.74, 6) is 1.64. The van der Waals surface area contributed by atoms with E-state index in [1.165, 1.54) is 19.4 Å². The summed E-state index contributed by atoms with van der Waals surface area (Å²) in [5, 5.41) is 5.33. The van der Waals surface area contributed by atoms with E-state index in [4.69, 9.17) is 26.2 Å². The zero-order chi connectivity index (χ0) is 17.9. The van der Waals surface area contributed by atoms with Crippen molar-refractivity contribution in [3.63, 3.8) is 0 Å². The van der Waals surface area contributed by atoms with Crippen molar-refractivity contribution in [2.45, 2.75) is 25.4 Å². The number of nitrogens with zero attached hydrogens (tertiary/aromatic N) is 3. The van der Waals surface area contributed by atoms with Crippen LogP contribution in [0.5, 0.6) is 5.75 Å². The van der Waals surface area contributed by atoms with E-state index in [0.29, 0.717) is 11.6 Å². The molecular formula is C20H26ClN3O2. The lowest BCUT2D eigenvalue weighted by molar-refractivity contribution is -0.0336. The Hall–Kier alpha value is -1.56. The molecule has 1 saturated heterocycles. The molecule has 0 bridgehead atoms. The largest absolute Gasteiger partial charge is 0.492 e. The molecule has 140 valence electrons. The summed E-state index contributed by atoms with van der Waals surface area (Å²) in [4.78, 5) is 2.53. The van der Waals surface area contributed by atoms with Crippen LogP contribution in [0.4, 0.5) is 0 Å². The van der Waals surface area contributed by atoms with Crippen molar-refractivity contribution in [3.05, 3.63) is 46.7 Å². The van der Waals surface area contributed by atoms with Crippen LogP contribution >= 0.6 is 11.6 Å². The zero-order valence-corrected chi connectivity index (χ0v) is 16.0. The number of aryl methyl sites for hydroxylation is 1. The molecule has 6 heteroatoms. The molecule has 4 rings (SSSR count). The van der Waals surface area contributed by atoms with Gasteiger partial charge in [-0.2, -0.15) is 5.10 Å². The van der Waals surface area contributed by atoms with Crippen molar-refractivity contribution in [2.24, 2.45) is 13.0 Å². The molecule has 0 amide bonds. The first-order chi connectivity index (χ1) is 12.7. The molecule has 0 radical (unpaired) electrons. The Labute approximate surface area is 159 Å². The fourth-order valence-corrected chi connectivity index (χ4v) is 3.65. The summed E-state index contributed by atoms with van der Waals surface area (Å²) in [5.41, 5.74) is 2.18. The van der Waals surface area contributed by atoms with E-state index in [2.05, 4.69) is 11.0 Å². The number of benzene rings is 1. The Kier molecular flexibility index (Phi) is 5.48. The standard InChI is InChI=1S/C20H26ClN3O2/c1-23-16(8-10-25-19-5-3-2-4-17(19)21)12-18(22-23)20-14-24(9-11-26-20)13-15-6-7-15/h2-5,12,15,20H,6-11,13-14H2,1H3. The number of halogens is 1. The first-order valence-electron chi connectivity index (χ1n) is 9.43. The molecule has 2 fully saturated rings. The van der Waals surface area contributed by atoms with Gasteiger partial charge in [0.2, 0.25) is 0 Å². The summed E-state index contributed by atoms with van der Waals surface area (Å²) >= 11 is 6.13. The number of aromatic nitrogens is 2. The lowest BCUT2D eigenvalue weighted by Crippen LogP contribution is -2.39. The molecule has 1 aromatic heterocycles. The summed E-state index contributed by atoms with van der Waals surface area (Å²) in [6.07, 6.45) is 3.64. The molecule has 1 unspecified atom stereocenters. The van der Waals surface area contributed by atoms with E-state index in [9.17, 15) is 0 Å². The van der Waals surface area contributed by atoms with Crippen LogP contribution in [0.25, 0.3) is 0 Å². The normalized spacial score (nSPS) is 21.1. The summed E-state index contributed by atoms with van der Waals surface area (Å²) < 4.78 is 13.7. The van der Waals surface area contributed by atoms with Gasteiger partial charge < -0.3 is 9.47 Å². The van der Waals surface area contributed by atoms with Crippen molar-refractivity contribution in [3.8, 4) is 5.75 Å². The van der Waals surface area contributed by atoms with Crippen LogP contribution in [0.2, 0.25) is 5.02 Å². The van der Waals surface area contributed by atoms with Crippen molar-refractivity contribution >= 4 is 11.6 Å². The molecule has 1 aliphatic heterocycles. The van der Waals surface area contributed by atoms with Crippen LogP contribution in [0, 0.1) is 5.92 Å². The number of hydrogen-bond donors (Lipinski definition) is 0. The highest BCUT2D eigenvalue weighted by Gasteiger charge is 2.29. The van der Waals surface area contributed by atoms with Gasteiger partial charge in [-0.1, -0.05) is 23.7 Å². The van der Waals surface area contributed by atoms with Gasteiger partial charge in [-0.05, 0) is 37.0 Å². The first-order valence-corrected chi connectivity index (χ1v) is 9.81. The summed E-state index contributed by atoms with van der Waals surface area (Å²) in [6.45, 7) is 4.56. The van der Waals surface area contributed by atoms with Gasteiger partial charge in [0.1, 0.15) is 11.9 Å². The van der Waals surface area contributed by atoms with E-state index in [1.54, 1.807) is 0 Å². The van der Waals surface area contributed by atoms with E-state index >= 15 is 0 Å². The summed E-state index contributed by atoms with van der Waals surface area (Å²) in [7, 11) is 1.99. The SMILES string of the molecule is Cn1nc(C2CN(CC3CC3)CCO2)cc1CCOc1ccccc1Cl. The van der Waals surface area contributed by atoms with Crippen LogP contribution in [0.3, 0.4) is 0 Å². The Morgan fingerprint density at radius 3 is 2.96 bits per heavy atom. The number of morpholine rings is 1. The molecule has 0 spiro atoms. The Balaban J connectivity index is 1.33. The van der Waals surface area contributed by atoms with Gasteiger partial charge in [0.25, 0.3) is 0 Å². The minimum Gasteiger partial charge on any atom is -0.492 e. The predicted octanol–water partition coefficient (Wildman–Crippen LogP) is 3.48. The second-order valence-corrected chi connectivity index (χ2v) is 7.68. The molecule has 2 aliphatic rings. The first kappa shape index (κ1) is 17.8.